The smallest absolute Gasteiger partial charge is 0.244 e. The van der Waals surface area contributed by atoms with Crippen molar-refractivity contribution in [1.29, 1.82) is 0 Å². The highest BCUT2D eigenvalue weighted by molar-refractivity contribution is 7.89. The number of sulfonamides is 1. The van der Waals surface area contributed by atoms with Crippen LogP contribution in [0.3, 0.4) is 0 Å². The van der Waals surface area contributed by atoms with Gasteiger partial charge < -0.3 is 25.0 Å². The summed E-state index contributed by atoms with van der Waals surface area (Å²) in [5.74, 6) is 0.0268. The fourth-order valence-electron chi connectivity index (χ4n) is 5.27. The topological polar surface area (TPSA) is 119 Å². The first-order valence-corrected chi connectivity index (χ1v) is 14.2. The lowest BCUT2D eigenvalue weighted by Gasteiger charge is -2.37. The summed E-state index contributed by atoms with van der Waals surface area (Å²) in [6.45, 7) is 5.43. The largest absolute Gasteiger partial charge is 0.492 e. The molecular formula is C27H37FN2O6S. The molecule has 1 saturated carbocycles. The molecule has 4 atom stereocenters. The van der Waals surface area contributed by atoms with Crippen molar-refractivity contribution < 1.29 is 32.9 Å². The van der Waals surface area contributed by atoms with Crippen LogP contribution < -0.4 is 9.46 Å². The summed E-state index contributed by atoms with van der Waals surface area (Å²) in [5, 5.41) is 31.6. The molecule has 2 aromatic carbocycles. The van der Waals surface area contributed by atoms with Gasteiger partial charge in [-0.1, -0.05) is 38.1 Å². The SMILES string of the molecule is CC(C)CCN1C[C@@H](O)CNS(=O)(=O)c2ccc(-c3ccccc3F)cc2OCC2(C[C@@H](O)[C@@H](O)C2)C1. The number of nitrogens with one attached hydrogen (secondary N) is 1. The number of rotatable bonds is 4. The fourth-order valence-corrected chi connectivity index (χ4v) is 6.47. The molecule has 0 amide bonds. The Labute approximate surface area is 218 Å². The molecule has 1 aliphatic carbocycles. The number of hydrogen-bond acceptors (Lipinski definition) is 7. The molecule has 1 fully saturated rings. The van der Waals surface area contributed by atoms with Crippen LogP contribution in [-0.4, -0.2) is 79.7 Å². The Balaban J connectivity index is 1.74. The zero-order valence-corrected chi connectivity index (χ0v) is 22.1. The molecule has 1 spiro atoms. The first-order chi connectivity index (χ1) is 17.5. The molecule has 1 aliphatic heterocycles. The van der Waals surface area contributed by atoms with Gasteiger partial charge >= 0.3 is 0 Å². The molecule has 37 heavy (non-hydrogen) atoms. The van der Waals surface area contributed by atoms with Crippen LogP contribution in [0.15, 0.2) is 47.4 Å². The molecule has 0 saturated heterocycles. The number of benzene rings is 2. The van der Waals surface area contributed by atoms with Gasteiger partial charge in [0.1, 0.15) is 16.5 Å². The number of ether oxygens (including phenoxy) is 1. The van der Waals surface area contributed by atoms with E-state index in [0.29, 0.717) is 30.1 Å². The van der Waals surface area contributed by atoms with Gasteiger partial charge in [0, 0.05) is 30.6 Å². The Kier molecular flexibility index (Phi) is 8.57. The normalized spacial score (nSPS) is 28.9. The van der Waals surface area contributed by atoms with Gasteiger partial charge in [-0.25, -0.2) is 17.5 Å². The summed E-state index contributed by atoms with van der Waals surface area (Å²) in [4.78, 5) is 1.94. The first-order valence-electron chi connectivity index (χ1n) is 12.8. The second-order valence-corrected chi connectivity index (χ2v) is 12.6. The highest BCUT2D eigenvalue weighted by Crippen LogP contribution is 2.41. The van der Waals surface area contributed by atoms with Crippen molar-refractivity contribution in [2.75, 3.05) is 32.8 Å². The number of fused-ring (bicyclic) bond motifs is 1. The van der Waals surface area contributed by atoms with E-state index in [9.17, 15) is 28.1 Å². The van der Waals surface area contributed by atoms with Crippen LogP contribution in [0, 0.1) is 17.2 Å². The van der Waals surface area contributed by atoms with Crippen LogP contribution in [0.25, 0.3) is 11.1 Å². The van der Waals surface area contributed by atoms with E-state index in [-0.39, 0.29) is 43.2 Å². The maximum atomic E-state index is 14.5. The fraction of sp³-hybridized carbons (Fsp3) is 0.556. The Hall–Kier alpha value is -2.08. The van der Waals surface area contributed by atoms with Crippen molar-refractivity contribution in [3.8, 4) is 16.9 Å². The third-order valence-corrected chi connectivity index (χ3v) is 8.70. The molecule has 0 radical (unpaired) electrons. The van der Waals surface area contributed by atoms with E-state index >= 15 is 0 Å². The summed E-state index contributed by atoms with van der Waals surface area (Å²) >= 11 is 0. The summed E-state index contributed by atoms with van der Waals surface area (Å²) < 4.78 is 49.6. The van der Waals surface area contributed by atoms with Gasteiger partial charge in [-0.05, 0) is 55.5 Å². The molecule has 2 aromatic rings. The van der Waals surface area contributed by atoms with E-state index in [1.807, 2.05) is 0 Å². The number of hydrogen-bond donors (Lipinski definition) is 4. The molecule has 8 nitrogen and oxygen atoms in total. The predicted octanol–water partition coefficient (Wildman–Crippen LogP) is 2.37. The van der Waals surface area contributed by atoms with Crippen molar-refractivity contribution in [2.24, 2.45) is 11.3 Å². The van der Waals surface area contributed by atoms with Gasteiger partial charge in [0.05, 0.1) is 24.9 Å². The number of aliphatic hydroxyl groups is 3. The summed E-state index contributed by atoms with van der Waals surface area (Å²) in [7, 11) is -4.06. The van der Waals surface area contributed by atoms with Gasteiger partial charge in [0.25, 0.3) is 0 Å². The van der Waals surface area contributed by atoms with Crippen molar-refractivity contribution in [3.05, 3.63) is 48.3 Å². The molecular weight excluding hydrogens is 499 g/mol. The van der Waals surface area contributed by atoms with E-state index in [0.717, 1.165) is 6.42 Å². The minimum atomic E-state index is -4.06. The van der Waals surface area contributed by atoms with Gasteiger partial charge in [-0.2, -0.15) is 0 Å². The molecule has 0 aromatic heterocycles. The van der Waals surface area contributed by atoms with E-state index in [4.69, 9.17) is 4.74 Å². The van der Waals surface area contributed by atoms with Crippen LogP contribution >= 0.6 is 0 Å². The van der Waals surface area contributed by atoms with Gasteiger partial charge in [-0.15, -0.1) is 0 Å². The quantitative estimate of drug-likeness (QED) is 0.474. The zero-order chi connectivity index (χ0) is 26.8. The summed E-state index contributed by atoms with van der Waals surface area (Å²) in [5.41, 5.74) is 0.0948. The second kappa shape index (κ2) is 11.3. The standard InChI is InChI=1S/C27H37FN2O6S/c1-18(2)9-10-30-15-20(31)14-29-37(34,35)26-8-7-19(21-5-3-4-6-22(21)28)11-25(26)36-17-27(16-30)12-23(32)24(33)13-27/h3-8,11,18,20,23-24,29,31-33H,9-10,12-17H2,1-2H3/t20-,23-,24+,27?/m0/s1. The Morgan fingerprint density at radius 1 is 1.14 bits per heavy atom. The predicted molar refractivity (Wildman–Crippen MR) is 138 cm³/mol. The van der Waals surface area contributed by atoms with E-state index in [2.05, 4.69) is 23.5 Å². The number of halogens is 1. The molecule has 1 heterocycles. The third kappa shape index (κ3) is 6.68. The molecule has 4 N–H and O–H groups in total. The Bertz CT molecular complexity index is 1180. The van der Waals surface area contributed by atoms with Crippen LogP contribution in [-0.2, 0) is 10.0 Å². The molecule has 0 bridgehead atoms. The third-order valence-electron chi connectivity index (χ3n) is 7.24. The minimum Gasteiger partial charge on any atom is -0.492 e. The van der Waals surface area contributed by atoms with Gasteiger partial charge in [0.15, 0.2) is 0 Å². The van der Waals surface area contributed by atoms with Crippen LogP contribution in [0.5, 0.6) is 5.75 Å². The molecule has 204 valence electrons. The maximum Gasteiger partial charge on any atom is 0.244 e. The summed E-state index contributed by atoms with van der Waals surface area (Å²) in [6.07, 6.45) is -1.40. The van der Waals surface area contributed by atoms with Crippen molar-refractivity contribution in [1.82, 2.24) is 9.62 Å². The van der Waals surface area contributed by atoms with Crippen molar-refractivity contribution >= 4 is 10.0 Å². The minimum absolute atomic E-state index is 0.0403. The van der Waals surface area contributed by atoms with E-state index < -0.39 is 39.6 Å². The van der Waals surface area contributed by atoms with E-state index in [1.165, 1.54) is 24.3 Å². The Morgan fingerprint density at radius 2 is 1.84 bits per heavy atom. The lowest BCUT2D eigenvalue weighted by atomic mass is 9.85. The first kappa shape index (κ1) is 27.9. The lowest BCUT2D eigenvalue weighted by molar-refractivity contribution is 0.0438. The van der Waals surface area contributed by atoms with Crippen LogP contribution in [0.2, 0.25) is 0 Å². The van der Waals surface area contributed by atoms with Crippen LogP contribution in [0.1, 0.15) is 33.1 Å². The van der Waals surface area contributed by atoms with Crippen molar-refractivity contribution in [3.63, 3.8) is 0 Å². The van der Waals surface area contributed by atoms with Gasteiger partial charge in [-0.3, -0.25) is 0 Å². The highest BCUT2D eigenvalue weighted by Gasteiger charge is 2.46. The Morgan fingerprint density at radius 3 is 2.51 bits per heavy atom. The average Bonchev–Trinajstić information content (AvgIpc) is 3.12. The number of β-amino-alcohol motifs (C(OH)–C–C–N with tert-alkyl or cyclic N) is 1. The lowest BCUT2D eigenvalue weighted by Crippen LogP contribution is -2.47. The van der Waals surface area contributed by atoms with Crippen LogP contribution in [0.4, 0.5) is 4.39 Å². The molecule has 4 rings (SSSR count). The summed E-state index contributed by atoms with van der Waals surface area (Å²) in [6, 6.07) is 10.6. The van der Waals surface area contributed by atoms with Gasteiger partial charge in [0.2, 0.25) is 10.0 Å². The second-order valence-electron chi connectivity index (χ2n) is 10.9. The average molecular weight is 537 g/mol. The highest BCUT2D eigenvalue weighted by atomic mass is 32.2. The monoisotopic (exact) mass is 536 g/mol. The number of nitrogens with zero attached hydrogens (tertiary/aromatic N) is 1. The van der Waals surface area contributed by atoms with E-state index in [1.54, 1.807) is 18.2 Å². The maximum absolute atomic E-state index is 14.5. The number of aliphatic hydroxyl groups excluding tert-OH is 3. The molecule has 2 aliphatic rings. The molecule has 1 unspecified atom stereocenters. The zero-order valence-electron chi connectivity index (χ0n) is 21.3. The molecule has 10 heteroatoms. The van der Waals surface area contributed by atoms with Crippen molar-refractivity contribution in [2.45, 2.75) is 56.3 Å².